The van der Waals surface area contributed by atoms with Crippen LogP contribution in [0.4, 0.5) is 0 Å². The van der Waals surface area contributed by atoms with Gasteiger partial charge in [0.25, 0.3) is 0 Å². The van der Waals surface area contributed by atoms with E-state index < -0.39 is 0 Å². The van der Waals surface area contributed by atoms with Crippen molar-refractivity contribution in [3.05, 3.63) is 162 Å². The number of aromatic nitrogens is 3. The third kappa shape index (κ3) is 4.67. The van der Waals surface area contributed by atoms with E-state index in [4.69, 9.17) is 23.8 Å². The number of benzene rings is 7. The van der Waals surface area contributed by atoms with Gasteiger partial charge in [0.15, 0.2) is 17.5 Å². The van der Waals surface area contributed by atoms with Crippen LogP contribution in [-0.4, -0.2) is 15.0 Å². The summed E-state index contributed by atoms with van der Waals surface area (Å²) in [6.07, 6.45) is 5.67. The third-order valence-corrected chi connectivity index (χ3v) is 10.4. The summed E-state index contributed by atoms with van der Waals surface area (Å²) in [5, 5.41) is 9.23. The molecule has 0 bridgehead atoms. The molecule has 7 aromatic carbocycles. The Bertz CT molecular complexity index is 3060. The van der Waals surface area contributed by atoms with E-state index >= 15 is 0 Å². The molecule has 1 aliphatic carbocycles. The Hall–Kier alpha value is -6.85. The smallest absolute Gasteiger partial charge is 0.164 e. The minimum absolute atomic E-state index is 0.214. The van der Waals surface area contributed by atoms with Crippen LogP contribution in [0, 0.1) is 0 Å². The fraction of sp³-hybridized carbons (Fsp3) is 0.0426. The molecule has 0 N–H and O–H groups in total. The van der Waals surface area contributed by atoms with Crippen LogP contribution in [0.25, 0.3) is 101 Å². The third-order valence-electron chi connectivity index (χ3n) is 10.4. The molecule has 1 aliphatic rings. The van der Waals surface area contributed by atoms with Crippen molar-refractivity contribution in [3.63, 3.8) is 0 Å². The van der Waals surface area contributed by atoms with Gasteiger partial charge in [-0.25, -0.2) is 15.0 Å². The van der Waals surface area contributed by atoms with E-state index in [1.165, 1.54) is 21.4 Å². The fourth-order valence-electron chi connectivity index (χ4n) is 7.87. The molecular weight excluding hydrogens is 639 g/mol. The van der Waals surface area contributed by atoms with E-state index in [0.717, 1.165) is 72.4 Å². The van der Waals surface area contributed by atoms with Crippen LogP contribution in [0.5, 0.6) is 0 Å². The van der Waals surface area contributed by atoms with Crippen molar-refractivity contribution >= 4 is 66.8 Å². The van der Waals surface area contributed by atoms with E-state index in [2.05, 4.69) is 109 Å². The van der Waals surface area contributed by atoms with Crippen molar-refractivity contribution < 1.29 is 8.83 Å². The molecule has 0 aliphatic heterocycles. The molecule has 1 unspecified atom stereocenters. The first kappa shape index (κ1) is 28.9. The molecule has 0 fully saturated rings. The number of rotatable bonds is 4. The van der Waals surface area contributed by atoms with Crippen LogP contribution in [-0.2, 0) is 0 Å². The van der Waals surface area contributed by atoms with Gasteiger partial charge in [-0.05, 0) is 81.7 Å². The highest BCUT2D eigenvalue weighted by atomic mass is 16.3. The zero-order valence-corrected chi connectivity index (χ0v) is 28.0. The average molecular weight is 668 g/mol. The summed E-state index contributed by atoms with van der Waals surface area (Å²) in [5.74, 6) is 1.98. The molecule has 0 radical (unpaired) electrons. The minimum atomic E-state index is 0.214. The van der Waals surface area contributed by atoms with Crippen molar-refractivity contribution in [2.24, 2.45) is 0 Å². The topological polar surface area (TPSA) is 65.0 Å². The lowest BCUT2D eigenvalue weighted by atomic mass is 9.86. The van der Waals surface area contributed by atoms with Crippen LogP contribution in [0.3, 0.4) is 0 Å². The minimum Gasteiger partial charge on any atom is -0.456 e. The Morgan fingerprint density at radius 2 is 0.942 bits per heavy atom. The number of hydrogen-bond donors (Lipinski definition) is 0. The van der Waals surface area contributed by atoms with Gasteiger partial charge in [0.2, 0.25) is 0 Å². The number of furan rings is 2. The zero-order chi connectivity index (χ0) is 34.2. The number of para-hydroxylation sites is 2. The summed E-state index contributed by atoms with van der Waals surface area (Å²) in [4.78, 5) is 15.5. The van der Waals surface area contributed by atoms with E-state index in [9.17, 15) is 0 Å². The Labute approximate surface area is 297 Å². The Balaban J connectivity index is 1.12. The number of nitrogens with zero attached hydrogens (tertiary/aromatic N) is 3. The van der Waals surface area contributed by atoms with Crippen LogP contribution in [0.1, 0.15) is 17.9 Å². The summed E-state index contributed by atoms with van der Waals surface area (Å²) < 4.78 is 12.6. The molecule has 11 rings (SSSR count). The van der Waals surface area contributed by atoms with Gasteiger partial charge in [-0.3, -0.25) is 0 Å². The normalized spacial score (nSPS) is 14.2. The highest BCUT2D eigenvalue weighted by molar-refractivity contribution is 6.07. The number of hydrogen-bond acceptors (Lipinski definition) is 5. The molecule has 5 heteroatoms. The van der Waals surface area contributed by atoms with Gasteiger partial charge in [-0.2, -0.15) is 0 Å². The first-order valence-corrected chi connectivity index (χ1v) is 17.6. The van der Waals surface area contributed by atoms with Gasteiger partial charge in [-0.1, -0.05) is 109 Å². The summed E-state index contributed by atoms with van der Waals surface area (Å²) >= 11 is 0. The van der Waals surface area contributed by atoms with Crippen molar-refractivity contribution in [1.82, 2.24) is 15.0 Å². The average Bonchev–Trinajstić information content (AvgIpc) is 3.77. The molecule has 0 saturated heterocycles. The molecule has 244 valence electrons. The molecule has 52 heavy (non-hydrogen) atoms. The van der Waals surface area contributed by atoms with Gasteiger partial charge in [0.1, 0.15) is 22.3 Å². The predicted molar refractivity (Wildman–Crippen MR) is 210 cm³/mol. The molecule has 1 atom stereocenters. The maximum absolute atomic E-state index is 6.29. The largest absolute Gasteiger partial charge is 0.456 e. The lowest BCUT2D eigenvalue weighted by molar-refractivity contribution is 0.668. The van der Waals surface area contributed by atoms with Gasteiger partial charge < -0.3 is 8.83 Å². The van der Waals surface area contributed by atoms with Gasteiger partial charge >= 0.3 is 0 Å². The summed E-state index contributed by atoms with van der Waals surface area (Å²) in [7, 11) is 0. The second-order valence-electron chi connectivity index (χ2n) is 13.6. The summed E-state index contributed by atoms with van der Waals surface area (Å²) in [6, 6.07) is 50.4. The van der Waals surface area contributed by atoms with E-state index in [1.807, 2.05) is 48.5 Å². The van der Waals surface area contributed by atoms with Crippen LogP contribution in [0.2, 0.25) is 0 Å². The van der Waals surface area contributed by atoms with Crippen molar-refractivity contribution in [2.75, 3.05) is 0 Å². The summed E-state index contributed by atoms with van der Waals surface area (Å²) in [6.45, 7) is 0. The molecule has 5 nitrogen and oxygen atoms in total. The lowest BCUT2D eigenvalue weighted by Gasteiger charge is -2.19. The standard InChI is InChI=1S/C47H29N3O2/c1-2-10-29-23-31(18-17-28(29)9-1)40-25-34(24-30-11-3-4-12-35(30)40)47-49-45(32-19-21-38-36-13-5-7-15-41(36)51-43(38)26-32)48-46(50-47)33-20-22-39-37-14-6-8-16-42(37)52-44(39)27-33/h1-17,19-27,31H,18H2. The maximum Gasteiger partial charge on any atom is 0.164 e. The van der Waals surface area contributed by atoms with Gasteiger partial charge in [0.05, 0.1) is 0 Å². The second-order valence-corrected chi connectivity index (χ2v) is 13.6. The Morgan fingerprint density at radius 1 is 0.423 bits per heavy atom. The first-order valence-electron chi connectivity index (χ1n) is 17.6. The first-order chi connectivity index (χ1) is 25.7. The van der Waals surface area contributed by atoms with Crippen LogP contribution < -0.4 is 10.4 Å². The highest BCUT2D eigenvalue weighted by Crippen LogP contribution is 2.37. The summed E-state index contributed by atoms with van der Waals surface area (Å²) in [5.41, 5.74) is 7.22. The van der Waals surface area contributed by atoms with Crippen LogP contribution >= 0.6 is 0 Å². The monoisotopic (exact) mass is 667 g/mol. The highest BCUT2D eigenvalue weighted by Gasteiger charge is 2.20. The molecule has 10 aromatic rings. The molecule has 0 amide bonds. The van der Waals surface area contributed by atoms with Crippen LogP contribution in [0.15, 0.2) is 154 Å². The Morgan fingerprint density at radius 3 is 1.60 bits per heavy atom. The second kappa shape index (κ2) is 11.3. The predicted octanol–water partition coefficient (Wildman–Crippen LogP) is 10.6. The lowest BCUT2D eigenvalue weighted by Crippen LogP contribution is -2.27. The van der Waals surface area contributed by atoms with Crippen molar-refractivity contribution in [1.29, 1.82) is 0 Å². The molecule has 3 aromatic heterocycles. The van der Waals surface area contributed by atoms with E-state index in [1.54, 1.807) is 0 Å². The fourth-order valence-corrected chi connectivity index (χ4v) is 7.87. The Kier molecular flexibility index (Phi) is 6.31. The van der Waals surface area contributed by atoms with Gasteiger partial charge in [0, 0.05) is 44.2 Å². The SMILES string of the molecule is C1=c2ccccc2=CC(c2cc(-c3nc(-c4ccc5c(c4)oc4ccccc45)nc(-c4ccc5c(c4)oc4ccccc45)n3)cc3ccccc23)C1. The zero-order valence-electron chi connectivity index (χ0n) is 28.0. The molecule has 3 heterocycles. The van der Waals surface area contributed by atoms with Gasteiger partial charge in [-0.15, -0.1) is 0 Å². The van der Waals surface area contributed by atoms with E-state index in [0.29, 0.717) is 17.5 Å². The number of fused-ring (bicyclic) bond motifs is 8. The molecule has 0 saturated carbocycles. The molecule has 0 spiro atoms. The quantitative estimate of drug-likeness (QED) is 0.187. The maximum atomic E-state index is 6.29. The van der Waals surface area contributed by atoms with E-state index in [-0.39, 0.29) is 5.92 Å². The van der Waals surface area contributed by atoms with Crippen molar-refractivity contribution in [3.8, 4) is 34.2 Å². The molecular formula is C47H29N3O2. The van der Waals surface area contributed by atoms with Crippen molar-refractivity contribution in [2.45, 2.75) is 12.3 Å².